The van der Waals surface area contributed by atoms with Crippen LogP contribution in [-0.4, -0.2) is 41.5 Å². The molecule has 1 aromatic rings. The van der Waals surface area contributed by atoms with Crippen molar-refractivity contribution in [3.63, 3.8) is 0 Å². The molecule has 1 amide bonds. The molecule has 142 valence electrons. The monoisotopic (exact) mass is 356 g/mol. The minimum atomic E-state index is -0.743. The molecule has 0 saturated carbocycles. The third-order valence-corrected chi connectivity index (χ3v) is 2.86. The molecule has 0 spiro atoms. The smallest absolute Gasteiger partial charge is 0.408 e. The largest absolute Gasteiger partial charge is 0.464 e. The van der Waals surface area contributed by atoms with Crippen LogP contribution in [0.3, 0.4) is 0 Å². The van der Waals surface area contributed by atoms with Gasteiger partial charge < -0.3 is 23.9 Å². The van der Waals surface area contributed by atoms with Crippen LogP contribution in [0.2, 0.25) is 0 Å². The number of alkyl carbamates (subject to hydrolysis) is 1. The molecule has 8 nitrogen and oxygen atoms in total. The average molecular weight is 356 g/mol. The number of oxazole rings is 1. The molecule has 0 radical (unpaired) electrons. The van der Waals surface area contributed by atoms with E-state index in [0.717, 1.165) is 0 Å². The molecule has 1 unspecified atom stereocenters. The second-order valence-corrected chi connectivity index (χ2v) is 7.62. The number of hydrogen-bond donors (Lipinski definition) is 1. The number of rotatable bonds is 5. The van der Waals surface area contributed by atoms with Gasteiger partial charge in [-0.05, 0) is 48.5 Å². The van der Waals surface area contributed by atoms with Gasteiger partial charge in [-0.15, -0.1) is 0 Å². The summed E-state index contributed by atoms with van der Waals surface area (Å²) in [4.78, 5) is 27.8. The minimum Gasteiger partial charge on any atom is -0.464 e. The van der Waals surface area contributed by atoms with E-state index in [9.17, 15) is 9.59 Å². The Kier molecular flexibility index (Phi) is 6.59. The van der Waals surface area contributed by atoms with E-state index < -0.39 is 35.4 Å². The van der Waals surface area contributed by atoms with Crippen molar-refractivity contribution in [2.24, 2.45) is 0 Å². The van der Waals surface area contributed by atoms with Crippen LogP contribution in [0.25, 0.3) is 0 Å². The fourth-order valence-electron chi connectivity index (χ4n) is 2.07. The highest BCUT2D eigenvalue weighted by Crippen LogP contribution is 2.24. The summed E-state index contributed by atoms with van der Waals surface area (Å²) in [6.07, 6.45) is 0.0470. The second kappa shape index (κ2) is 7.86. The summed E-state index contributed by atoms with van der Waals surface area (Å²) in [6, 6.07) is -0.743. The molecule has 25 heavy (non-hydrogen) atoms. The first-order valence-electron chi connectivity index (χ1n) is 8.03. The summed E-state index contributed by atoms with van der Waals surface area (Å²) >= 11 is 0. The molecule has 1 N–H and O–H groups in total. The summed E-state index contributed by atoms with van der Waals surface area (Å²) in [5.41, 5.74) is -1.10. The lowest BCUT2D eigenvalue weighted by Gasteiger charge is -2.30. The molecule has 0 aliphatic heterocycles. The summed E-state index contributed by atoms with van der Waals surface area (Å²) in [5.74, 6) is -0.501. The second-order valence-electron chi connectivity index (χ2n) is 7.62. The molecule has 0 fully saturated rings. The first kappa shape index (κ1) is 21.0. The minimum absolute atomic E-state index is 0.0106. The van der Waals surface area contributed by atoms with Gasteiger partial charge in [0, 0.05) is 0 Å². The van der Waals surface area contributed by atoms with Crippen molar-refractivity contribution in [3.05, 3.63) is 17.8 Å². The molecule has 0 aliphatic carbocycles. The highest BCUT2D eigenvalue weighted by atomic mass is 16.6. The van der Waals surface area contributed by atoms with Crippen molar-refractivity contribution < 1.29 is 28.2 Å². The number of nitrogens with one attached hydrogen (secondary N) is 1. The Morgan fingerprint density at radius 2 is 1.76 bits per heavy atom. The van der Waals surface area contributed by atoms with E-state index >= 15 is 0 Å². The van der Waals surface area contributed by atoms with Crippen molar-refractivity contribution in [3.8, 4) is 0 Å². The Bertz CT molecular complexity index is 597. The normalized spacial score (nSPS) is 14.6. The van der Waals surface area contributed by atoms with Gasteiger partial charge in [0.05, 0.1) is 18.8 Å². The van der Waals surface area contributed by atoms with Crippen LogP contribution in [0.4, 0.5) is 4.79 Å². The number of nitrogens with zero attached hydrogens (tertiary/aromatic N) is 1. The maximum absolute atomic E-state index is 12.2. The Morgan fingerprint density at radius 1 is 1.16 bits per heavy atom. The van der Waals surface area contributed by atoms with Gasteiger partial charge in [-0.1, -0.05) is 0 Å². The lowest BCUT2D eigenvalue weighted by molar-refractivity contribution is -0.0710. The van der Waals surface area contributed by atoms with Gasteiger partial charge >= 0.3 is 12.1 Å². The summed E-state index contributed by atoms with van der Waals surface area (Å²) in [7, 11) is 1.25. The highest BCUT2D eigenvalue weighted by Gasteiger charge is 2.32. The zero-order valence-electron chi connectivity index (χ0n) is 16.1. The zero-order chi connectivity index (χ0) is 19.4. The van der Waals surface area contributed by atoms with E-state index in [1.165, 1.54) is 13.4 Å². The molecule has 1 rings (SSSR count). The lowest BCUT2D eigenvalue weighted by atomic mass is 10.1. The van der Waals surface area contributed by atoms with E-state index in [1.54, 1.807) is 27.7 Å². The molecule has 1 heterocycles. The number of carbonyl (C=O) groups excluding carboxylic acids is 2. The predicted octanol–water partition coefficient (Wildman–Crippen LogP) is 3.23. The van der Waals surface area contributed by atoms with Crippen molar-refractivity contribution in [2.75, 3.05) is 7.11 Å². The molecule has 0 aromatic carbocycles. The average Bonchev–Trinajstić information content (AvgIpc) is 2.89. The van der Waals surface area contributed by atoms with Gasteiger partial charge in [0.2, 0.25) is 5.89 Å². The molecule has 2 atom stereocenters. The van der Waals surface area contributed by atoms with E-state index in [0.29, 0.717) is 0 Å². The Labute approximate surface area is 148 Å². The van der Waals surface area contributed by atoms with Crippen LogP contribution in [0.5, 0.6) is 0 Å². The third kappa shape index (κ3) is 7.13. The standard InChI is InChI=1S/C17H28N2O6/c1-10(24-16(2,3)4)12(19-15(21)25-17(5,6)7)13-18-11(9-23-13)14(20)22-8/h9-10,12H,1-8H3,(H,19,21)/t10-,12?/m0/s1. The maximum atomic E-state index is 12.2. The van der Waals surface area contributed by atoms with Crippen LogP contribution >= 0.6 is 0 Å². The Hall–Kier alpha value is -2.09. The number of ether oxygens (including phenoxy) is 3. The number of amides is 1. The molecule has 0 saturated heterocycles. The number of esters is 1. The Balaban J connectivity index is 3.04. The van der Waals surface area contributed by atoms with Crippen molar-refractivity contribution >= 4 is 12.1 Å². The van der Waals surface area contributed by atoms with Gasteiger partial charge in [0.25, 0.3) is 0 Å². The zero-order valence-corrected chi connectivity index (χ0v) is 16.1. The van der Waals surface area contributed by atoms with E-state index in [4.69, 9.17) is 13.9 Å². The molecular weight excluding hydrogens is 328 g/mol. The van der Waals surface area contributed by atoms with Crippen LogP contribution in [0, 0.1) is 0 Å². The number of carbonyl (C=O) groups is 2. The number of aromatic nitrogens is 1. The highest BCUT2D eigenvalue weighted by molar-refractivity contribution is 5.86. The quantitative estimate of drug-likeness (QED) is 0.808. The lowest BCUT2D eigenvalue weighted by Crippen LogP contribution is -2.42. The van der Waals surface area contributed by atoms with Gasteiger partial charge in [-0.25, -0.2) is 14.6 Å². The SMILES string of the molecule is COC(=O)c1coc(C(NC(=O)OC(C)(C)C)[C@H](C)OC(C)(C)C)n1. The first-order chi connectivity index (χ1) is 11.3. The van der Waals surface area contributed by atoms with Gasteiger partial charge in [0.15, 0.2) is 5.69 Å². The van der Waals surface area contributed by atoms with E-state index in [-0.39, 0.29) is 11.6 Å². The van der Waals surface area contributed by atoms with Gasteiger partial charge in [0.1, 0.15) is 17.9 Å². The van der Waals surface area contributed by atoms with Gasteiger partial charge in [-0.3, -0.25) is 0 Å². The topological polar surface area (TPSA) is 99.9 Å². The van der Waals surface area contributed by atoms with Crippen LogP contribution < -0.4 is 5.32 Å². The molecule has 8 heteroatoms. The van der Waals surface area contributed by atoms with Crippen LogP contribution in [-0.2, 0) is 14.2 Å². The van der Waals surface area contributed by atoms with Crippen molar-refractivity contribution in [1.82, 2.24) is 10.3 Å². The van der Waals surface area contributed by atoms with Crippen molar-refractivity contribution in [1.29, 1.82) is 0 Å². The molecule has 0 bridgehead atoms. The maximum Gasteiger partial charge on any atom is 0.408 e. The van der Waals surface area contributed by atoms with E-state index in [2.05, 4.69) is 15.0 Å². The summed E-state index contributed by atoms with van der Waals surface area (Å²) in [6.45, 7) is 12.7. The molecule has 0 aliphatic rings. The Morgan fingerprint density at radius 3 is 2.24 bits per heavy atom. The molecule has 1 aromatic heterocycles. The molecular formula is C17H28N2O6. The fourth-order valence-corrected chi connectivity index (χ4v) is 2.07. The van der Waals surface area contributed by atoms with E-state index in [1.807, 2.05) is 20.8 Å². The number of methoxy groups -OCH3 is 1. The summed E-state index contributed by atoms with van der Waals surface area (Å²) < 4.78 is 21.1. The summed E-state index contributed by atoms with van der Waals surface area (Å²) in [5, 5.41) is 2.69. The third-order valence-electron chi connectivity index (χ3n) is 2.86. The van der Waals surface area contributed by atoms with Crippen molar-refractivity contribution in [2.45, 2.75) is 71.8 Å². The van der Waals surface area contributed by atoms with Crippen LogP contribution in [0.15, 0.2) is 10.7 Å². The fraction of sp³-hybridized carbons (Fsp3) is 0.706. The number of hydrogen-bond acceptors (Lipinski definition) is 7. The van der Waals surface area contributed by atoms with Gasteiger partial charge in [-0.2, -0.15) is 0 Å². The first-order valence-corrected chi connectivity index (χ1v) is 8.03. The van der Waals surface area contributed by atoms with Crippen LogP contribution in [0.1, 0.15) is 70.9 Å². The predicted molar refractivity (Wildman–Crippen MR) is 90.3 cm³/mol.